The normalized spacial score (nSPS) is 10.5. The molecule has 0 aliphatic rings. The van der Waals surface area contributed by atoms with Gasteiger partial charge in [-0.1, -0.05) is 29.8 Å². The predicted octanol–water partition coefficient (Wildman–Crippen LogP) is 2.93. The van der Waals surface area contributed by atoms with Crippen LogP contribution < -0.4 is 10.6 Å². The van der Waals surface area contributed by atoms with Crippen molar-refractivity contribution in [3.8, 4) is 0 Å². The minimum Gasteiger partial charge on any atom is -0.330 e. The Morgan fingerprint density at radius 3 is 2.79 bits per heavy atom. The molecule has 0 saturated carbocycles. The number of anilines is 2. The van der Waals surface area contributed by atoms with Gasteiger partial charge in [0, 0.05) is 12.2 Å². The highest BCUT2D eigenvalue weighted by atomic mass is 35.5. The van der Waals surface area contributed by atoms with Crippen molar-refractivity contribution >= 4 is 23.1 Å². The highest BCUT2D eigenvalue weighted by Gasteiger charge is 2.15. The van der Waals surface area contributed by atoms with E-state index in [9.17, 15) is 0 Å². The topological polar surface area (TPSA) is 55.0 Å². The Morgan fingerprint density at radius 2 is 2.11 bits per heavy atom. The molecule has 0 spiro atoms. The van der Waals surface area contributed by atoms with E-state index in [4.69, 9.17) is 17.3 Å². The highest BCUT2D eigenvalue weighted by Crippen LogP contribution is 2.31. The van der Waals surface area contributed by atoms with E-state index in [1.807, 2.05) is 12.1 Å². The lowest BCUT2D eigenvalue weighted by atomic mass is 10.1. The SMILES string of the molecule is Cc1ccccc1N(CCCN)c1ncncc1Cl. The molecule has 1 aromatic carbocycles. The Hall–Kier alpha value is -1.65. The average Bonchev–Trinajstić information content (AvgIpc) is 2.42. The molecule has 0 aliphatic heterocycles. The van der Waals surface area contributed by atoms with Crippen molar-refractivity contribution in [1.82, 2.24) is 9.97 Å². The summed E-state index contributed by atoms with van der Waals surface area (Å²) >= 11 is 6.20. The zero-order valence-electron chi connectivity index (χ0n) is 10.9. The van der Waals surface area contributed by atoms with Crippen molar-refractivity contribution in [3.63, 3.8) is 0 Å². The van der Waals surface area contributed by atoms with Crippen LogP contribution in [0.15, 0.2) is 36.8 Å². The fourth-order valence-corrected chi connectivity index (χ4v) is 2.17. The van der Waals surface area contributed by atoms with E-state index < -0.39 is 0 Å². The Labute approximate surface area is 118 Å². The smallest absolute Gasteiger partial charge is 0.155 e. The molecule has 0 radical (unpaired) electrons. The number of aromatic nitrogens is 2. The first-order valence-electron chi connectivity index (χ1n) is 6.22. The number of hydrogen-bond donors (Lipinski definition) is 1. The maximum absolute atomic E-state index is 6.20. The summed E-state index contributed by atoms with van der Waals surface area (Å²) < 4.78 is 0. The quantitative estimate of drug-likeness (QED) is 0.912. The first kappa shape index (κ1) is 13.8. The van der Waals surface area contributed by atoms with Crippen molar-refractivity contribution < 1.29 is 0 Å². The van der Waals surface area contributed by atoms with E-state index >= 15 is 0 Å². The minimum atomic E-state index is 0.544. The second-order valence-electron chi connectivity index (χ2n) is 4.27. The van der Waals surface area contributed by atoms with Gasteiger partial charge >= 0.3 is 0 Å². The molecule has 0 unspecified atom stereocenters. The molecule has 0 saturated heterocycles. The Bertz CT molecular complexity index is 499. The van der Waals surface area contributed by atoms with Crippen LogP contribution >= 0.6 is 11.6 Å². The van der Waals surface area contributed by atoms with Gasteiger partial charge in [-0.2, -0.15) is 0 Å². The number of nitrogens with zero attached hydrogens (tertiary/aromatic N) is 3. The molecule has 1 aromatic heterocycles. The van der Waals surface area contributed by atoms with Gasteiger partial charge in [-0.3, -0.25) is 0 Å². The van der Waals surface area contributed by atoms with E-state index in [2.05, 4.69) is 33.9 Å². The zero-order valence-corrected chi connectivity index (χ0v) is 11.6. The van der Waals surface area contributed by atoms with Crippen molar-refractivity contribution in [3.05, 3.63) is 47.4 Å². The molecule has 19 heavy (non-hydrogen) atoms. The van der Waals surface area contributed by atoms with Crippen LogP contribution in [-0.2, 0) is 0 Å². The zero-order chi connectivity index (χ0) is 13.7. The second-order valence-corrected chi connectivity index (χ2v) is 4.68. The van der Waals surface area contributed by atoms with Crippen LogP contribution in [0.3, 0.4) is 0 Å². The summed E-state index contributed by atoms with van der Waals surface area (Å²) in [6.07, 6.45) is 3.99. The molecular weight excluding hydrogens is 260 g/mol. The molecule has 2 rings (SSSR count). The number of nitrogens with two attached hydrogens (primary N) is 1. The van der Waals surface area contributed by atoms with Crippen molar-refractivity contribution in [2.75, 3.05) is 18.0 Å². The van der Waals surface area contributed by atoms with Crippen molar-refractivity contribution in [1.29, 1.82) is 0 Å². The molecule has 0 fully saturated rings. The van der Waals surface area contributed by atoms with Gasteiger partial charge in [0.2, 0.25) is 0 Å². The van der Waals surface area contributed by atoms with E-state index in [0.717, 1.165) is 24.5 Å². The third kappa shape index (κ3) is 3.22. The third-order valence-corrected chi connectivity index (χ3v) is 3.16. The fraction of sp³-hybridized carbons (Fsp3) is 0.286. The number of hydrogen-bond acceptors (Lipinski definition) is 4. The van der Waals surface area contributed by atoms with E-state index in [1.165, 1.54) is 11.9 Å². The van der Waals surface area contributed by atoms with Gasteiger partial charge < -0.3 is 10.6 Å². The van der Waals surface area contributed by atoms with Gasteiger partial charge in [0.05, 0.1) is 6.20 Å². The lowest BCUT2D eigenvalue weighted by molar-refractivity contribution is 0.807. The van der Waals surface area contributed by atoms with Gasteiger partial charge in [0.1, 0.15) is 11.3 Å². The molecule has 0 amide bonds. The van der Waals surface area contributed by atoms with Crippen LogP contribution in [0.1, 0.15) is 12.0 Å². The number of benzene rings is 1. The summed E-state index contributed by atoms with van der Waals surface area (Å²) in [7, 11) is 0. The van der Waals surface area contributed by atoms with E-state index in [-0.39, 0.29) is 0 Å². The molecule has 1 heterocycles. The Kier molecular flexibility index (Phi) is 4.71. The lowest BCUT2D eigenvalue weighted by Gasteiger charge is -2.25. The average molecular weight is 277 g/mol. The number of halogens is 1. The standard InChI is InChI=1S/C14H17ClN4/c1-11-5-2-3-6-13(11)19(8-4-7-16)14-12(15)9-17-10-18-14/h2-3,5-6,9-10H,4,7-8,16H2,1H3. The van der Waals surface area contributed by atoms with E-state index in [0.29, 0.717) is 11.6 Å². The largest absolute Gasteiger partial charge is 0.330 e. The monoisotopic (exact) mass is 276 g/mol. The summed E-state index contributed by atoms with van der Waals surface area (Å²) in [6, 6.07) is 8.15. The maximum Gasteiger partial charge on any atom is 0.155 e. The highest BCUT2D eigenvalue weighted by molar-refractivity contribution is 6.32. The van der Waals surface area contributed by atoms with Gasteiger partial charge in [0.25, 0.3) is 0 Å². The number of aryl methyl sites for hydroxylation is 1. The molecule has 0 aliphatic carbocycles. The van der Waals surface area contributed by atoms with Gasteiger partial charge in [-0.25, -0.2) is 9.97 Å². The van der Waals surface area contributed by atoms with Crippen molar-refractivity contribution in [2.45, 2.75) is 13.3 Å². The van der Waals surface area contributed by atoms with Crippen LogP contribution in [0.2, 0.25) is 5.02 Å². The van der Waals surface area contributed by atoms with Crippen LogP contribution in [0.5, 0.6) is 0 Å². The Balaban J connectivity index is 2.42. The van der Waals surface area contributed by atoms with Crippen LogP contribution in [0, 0.1) is 6.92 Å². The first-order chi connectivity index (χ1) is 9.24. The first-order valence-corrected chi connectivity index (χ1v) is 6.60. The summed E-state index contributed by atoms with van der Waals surface area (Å²) in [5.41, 5.74) is 7.89. The summed E-state index contributed by atoms with van der Waals surface area (Å²) in [6.45, 7) is 3.48. The molecule has 0 bridgehead atoms. The Morgan fingerprint density at radius 1 is 1.32 bits per heavy atom. The maximum atomic E-state index is 6.20. The molecule has 4 nitrogen and oxygen atoms in total. The van der Waals surface area contributed by atoms with Crippen molar-refractivity contribution in [2.24, 2.45) is 5.73 Å². The number of para-hydroxylation sites is 1. The van der Waals surface area contributed by atoms with Gasteiger partial charge in [-0.05, 0) is 31.5 Å². The molecule has 5 heteroatoms. The molecule has 2 N–H and O–H groups in total. The minimum absolute atomic E-state index is 0.544. The molecule has 0 atom stereocenters. The predicted molar refractivity (Wildman–Crippen MR) is 78.9 cm³/mol. The summed E-state index contributed by atoms with van der Waals surface area (Å²) in [4.78, 5) is 10.3. The van der Waals surface area contributed by atoms with E-state index in [1.54, 1.807) is 6.20 Å². The molecule has 100 valence electrons. The van der Waals surface area contributed by atoms with Gasteiger partial charge in [-0.15, -0.1) is 0 Å². The number of rotatable bonds is 5. The van der Waals surface area contributed by atoms with Crippen LogP contribution in [0.25, 0.3) is 0 Å². The van der Waals surface area contributed by atoms with Gasteiger partial charge in [0.15, 0.2) is 5.82 Å². The summed E-state index contributed by atoms with van der Waals surface area (Å²) in [5, 5.41) is 0.544. The third-order valence-electron chi connectivity index (χ3n) is 2.90. The summed E-state index contributed by atoms with van der Waals surface area (Å²) in [5.74, 6) is 0.722. The van der Waals surface area contributed by atoms with Crippen LogP contribution in [0.4, 0.5) is 11.5 Å². The molecule has 2 aromatic rings. The molecular formula is C14H17ClN4. The fourth-order valence-electron chi connectivity index (χ4n) is 1.96. The van der Waals surface area contributed by atoms with Crippen LogP contribution in [-0.4, -0.2) is 23.1 Å². The second kappa shape index (κ2) is 6.50. The lowest BCUT2D eigenvalue weighted by Crippen LogP contribution is -2.23.